The van der Waals surface area contributed by atoms with E-state index in [1.165, 1.54) is 0 Å². The van der Waals surface area contributed by atoms with Crippen LogP contribution in [0, 0.1) is 5.92 Å². The number of hydrogen-bond donors (Lipinski definition) is 0. The highest BCUT2D eigenvalue weighted by Crippen LogP contribution is 2.30. The maximum atomic E-state index is 11.3. The Hall–Kier alpha value is -0.153. The molecule has 2 atom stereocenters. The third kappa shape index (κ3) is 3.23. The Labute approximate surface area is 81.8 Å². The first-order chi connectivity index (χ1) is 5.90. The largest absolute Gasteiger partial charge is 0.414 e. The Bertz CT molecular complexity index is 196. The van der Waals surface area contributed by atoms with Gasteiger partial charge in [0.05, 0.1) is 6.10 Å². The lowest BCUT2D eigenvalue weighted by atomic mass is 10.0. The molecule has 3 heteroatoms. The molecule has 1 aliphatic carbocycles. The van der Waals surface area contributed by atoms with Crippen LogP contribution in [0.5, 0.6) is 0 Å². The molecular weight excluding hydrogens is 180 g/mol. The predicted molar refractivity (Wildman–Crippen MR) is 56.2 cm³/mol. The number of carbonyl (C=O) groups is 1. The highest BCUT2D eigenvalue weighted by molar-refractivity contribution is 6.69. The SMILES string of the molecule is CC(=O)[C@@H]1CCC[C@H]1O[Si](C)(C)C. The predicted octanol–water partition coefficient (Wildman–Crippen LogP) is 2.60. The van der Waals surface area contributed by atoms with Gasteiger partial charge in [-0.3, -0.25) is 4.79 Å². The van der Waals surface area contributed by atoms with E-state index in [1.807, 2.05) is 0 Å². The zero-order chi connectivity index (χ0) is 10.1. The molecule has 0 bridgehead atoms. The molecule has 76 valence electrons. The van der Waals surface area contributed by atoms with Gasteiger partial charge in [0.15, 0.2) is 8.32 Å². The van der Waals surface area contributed by atoms with E-state index in [9.17, 15) is 4.79 Å². The summed E-state index contributed by atoms with van der Waals surface area (Å²) in [7, 11) is -1.46. The highest BCUT2D eigenvalue weighted by Gasteiger charge is 2.34. The second kappa shape index (κ2) is 3.92. The minimum atomic E-state index is -1.46. The molecule has 0 radical (unpaired) electrons. The summed E-state index contributed by atoms with van der Waals surface area (Å²) < 4.78 is 5.99. The molecule has 0 unspecified atom stereocenters. The van der Waals surface area contributed by atoms with Gasteiger partial charge in [-0.05, 0) is 39.4 Å². The normalized spacial score (nSPS) is 29.2. The lowest BCUT2D eigenvalue weighted by molar-refractivity contribution is -0.122. The molecule has 13 heavy (non-hydrogen) atoms. The first-order valence-electron chi connectivity index (χ1n) is 5.08. The van der Waals surface area contributed by atoms with E-state index in [0.717, 1.165) is 19.3 Å². The fourth-order valence-electron chi connectivity index (χ4n) is 1.99. The van der Waals surface area contributed by atoms with Crippen LogP contribution >= 0.6 is 0 Å². The maximum absolute atomic E-state index is 11.3. The fraction of sp³-hybridized carbons (Fsp3) is 0.900. The van der Waals surface area contributed by atoms with Crippen molar-refractivity contribution in [3.05, 3.63) is 0 Å². The molecule has 0 aromatic heterocycles. The second-order valence-electron chi connectivity index (χ2n) is 4.92. The minimum absolute atomic E-state index is 0.187. The average molecular weight is 200 g/mol. The molecule has 2 nitrogen and oxygen atoms in total. The zero-order valence-corrected chi connectivity index (χ0v) is 10.1. The Balaban J connectivity index is 2.54. The standard InChI is InChI=1S/C10H20O2Si/c1-8(11)9-6-5-7-10(9)12-13(2,3)4/h9-10H,5-7H2,1-4H3/t9-,10+/m0/s1. The van der Waals surface area contributed by atoms with Crippen LogP contribution in [-0.2, 0) is 9.22 Å². The smallest absolute Gasteiger partial charge is 0.184 e. The average Bonchev–Trinajstić information content (AvgIpc) is 2.31. The lowest BCUT2D eigenvalue weighted by Gasteiger charge is -2.26. The molecule has 0 saturated heterocycles. The van der Waals surface area contributed by atoms with Crippen molar-refractivity contribution in [2.75, 3.05) is 0 Å². The number of carbonyl (C=O) groups excluding carboxylic acids is 1. The van der Waals surface area contributed by atoms with Crippen molar-refractivity contribution in [1.29, 1.82) is 0 Å². The van der Waals surface area contributed by atoms with E-state index in [-0.39, 0.29) is 12.0 Å². The molecule has 0 amide bonds. The van der Waals surface area contributed by atoms with Crippen LogP contribution in [0.25, 0.3) is 0 Å². The van der Waals surface area contributed by atoms with Crippen molar-refractivity contribution >= 4 is 14.1 Å². The van der Waals surface area contributed by atoms with Crippen LogP contribution in [0.15, 0.2) is 0 Å². The van der Waals surface area contributed by atoms with Gasteiger partial charge >= 0.3 is 0 Å². The summed E-state index contributed by atoms with van der Waals surface area (Å²) in [5, 5.41) is 0. The second-order valence-corrected chi connectivity index (χ2v) is 9.38. The van der Waals surface area contributed by atoms with Gasteiger partial charge in [-0.2, -0.15) is 0 Å². The topological polar surface area (TPSA) is 26.3 Å². The van der Waals surface area contributed by atoms with Crippen molar-refractivity contribution in [3.63, 3.8) is 0 Å². The van der Waals surface area contributed by atoms with Gasteiger partial charge in [-0.1, -0.05) is 6.42 Å². The third-order valence-electron chi connectivity index (χ3n) is 2.48. The number of rotatable bonds is 3. The molecule has 0 spiro atoms. The maximum Gasteiger partial charge on any atom is 0.184 e. The number of hydrogen-bond acceptors (Lipinski definition) is 2. The molecular formula is C10H20O2Si. The molecule has 0 aliphatic heterocycles. The van der Waals surface area contributed by atoms with Crippen LogP contribution in [0.1, 0.15) is 26.2 Å². The first-order valence-corrected chi connectivity index (χ1v) is 8.49. The van der Waals surface area contributed by atoms with E-state index in [4.69, 9.17) is 4.43 Å². The van der Waals surface area contributed by atoms with Crippen LogP contribution in [0.3, 0.4) is 0 Å². The summed E-state index contributed by atoms with van der Waals surface area (Å²) in [6.07, 6.45) is 3.49. The molecule has 1 aliphatic rings. The van der Waals surface area contributed by atoms with Crippen molar-refractivity contribution in [2.45, 2.75) is 51.9 Å². The van der Waals surface area contributed by atoms with Gasteiger partial charge in [-0.15, -0.1) is 0 Å². The van der Waals surface area contributed by atoms with Gasteiger partial charge in [0, 0.05) is 5.92 Å². The van der Waals surface area contributed by atoms with Crippen molar-refractivity contribution in [1.82, 2.24) is 0 Å². The van der Waals surface area contributed by atoms with E-state index < -0.39 is 8.32 Å². The molecule has 0 aromatic carbocycles. The minimum Gasteiger partial charge on any atom is -0.414 e. The van der Waals surface area contributed by atoms with Crippen molar-refractivity contribution < 1.29 is 9.22 Å². The summed E-state index contributed by atoms with van der Waals surface area (Å²) >= 11 is 0. The summed E-state index contributed by atoms with van der Waals surface area (Å²) in [4.78, 5) is 11.3. The van der Waals surface area contributed by atoms with Crippen LogP contribution in [-0.4, -0.2) is 20.2 Å². The molecule has 0 N–H and O–H groups in total. The quantitative estimate of drug-likeness (QED) is 0.655. The Morgan fingerprint density at radius 2 is 1.92 bits per heavy atom. The van der Waals surface area contributed by atoms with Gasteiger partial charge in [0.2, 0.25) is 0 Å². The highest BCUT2D eigenvalue weighted by atomic mass is 28.4. The summed E-state index contributed by atoms with van der Waals surface area (Å²) in [6, 6.07) is 0. The van der Waals surface area contributed by atoms with E-state index >= 15 is 0 Å². The monoisotopic (exact) mass is 200 g/mol. The molecule has 1 saturated carbocycles. The van der Waals surface area contributed by atoms with Gasteiger partial charge in [0.25, 0.3) is 0 Å². The Morgan fingerprint density at radius 3 is 2.38 bits per heavy atom. The van der Waals surface area contributed by atoms with Gasteiger partial charge in [0.1, 0.15) is 5.78 Å². The fourth-order valence-corrected chi connectivity index (χ4v) is 3.18. The summed E-state index contributed by atoms with van der Waals surface area (Å²) in [5.41, 5.74) is 0. The van der Waals surface area contributed by atoms with Crippen molar-refractivity contribution in [3.8, 4) is 0 Å². The molecule has 1 fully saturated rings. The molecule has 1 rings (SSSR count). The van der Waals surface area contributed by atoms with Gasteiger partial charge in [-0.25, -0.2) is 0 Å². The van der Waals surface area contributed by atoms with Crippen LogP contribution < -0.4 is 0 Å². The molecule has 0 aromatic rings. The summed E-state index contributed by atoms with van der Waals surface area (Å²) in [5.74, 6) is 0.493. The van der Waals surface area contributed by atoms with Crippen molar-refractivity contribution in [2.24, 2.45) is 5.92 Å². The molecule has 0 heterocycles. The zero-order valence-electron chi connectivity index (χ0n) is 9.09. The van der Waals surface area contributed by atoms with Crippen LogP contribution in [0.2, 0.25) is 19.6 Å². The first kappa shape index (κ1) is 10.9. The number of Topliss-reactive ketones (excluding diaryl/α,β-unsaturated/α-hetero) is 1. The van der Waals surface area contributed by atoms with E-state index in [0.29, 0.717) is 5.78 Å². The number of ketones is 1. The summed E-state index contributed by atoms with van der Waals surface area (Å²) in [6.45, 7) is 8.24. The van der Waals surface area contributed by atoms with Crippen LogP contribution in [0.4, 0.5) is 0 Å². The Morgan fingerprint density at radius 1 is 1.31 bits per heavy atom. The third-order valence-corrected chi connectivity index (χ3v) is 3.49. The Kier molecular flexibility index (Phi) is 3.30. The van der Waals surface area contributed by atoms with Gasteiger partial charge < -0.3 is 4.43 Å². The lowest BCUT2D eigenvalue weighted by Crippen LogP contribution is -2.35. The van der Waals surface area contributed by atoms with E-state index in [2.05, 4.69) is 19.6 Å². The van der Waals surface area contributed by atoms with E-state index in [1.54, 1.807) is 6.92 Å².